The molecule has 0 aromatic rings. The molecule has 0 aliphatic rings. The lowest BCUT2D eigenvalue weighted by molar-refractivity contribution is -0.118. The van der Waals surface area contributed by atoms with E-state index in [1.165, 1.54) is 70.6 Å². The van der Waals surface area contributed by atoms with Gasteiger partial charge in [-0.15, -0.1) is 0 Å². The molecule has 0 fully saturated rings. The Balaban J connectivity index is 3.19. The van der Waals surface area contributed by atoms with E-state index >= 15 is 0 Å². The highest BCUT2D eigenvalue weighted by molar-refractivity contribution is 5.78. The van der Waals surface area contributed by atoms with Gasteiger partial charge in [0, 0.05) is 12.8 Å². The molecule has 0 saturated heterocycles. The third-order valence-corrected chi connectivity index (χ3v) is 4.31. The third kappa shape index (κ3) is 19.1. The Hall–Kier alpha value is -0.850. The van der Waals surface area contributed by atoms with E-state index in [1.54, 1.807) is 0 Å². The standard InChI is InChI=1S/C22H40O/c1-3-5-6-7-8-9-10-11-12-13-14-15-16-17-18-19-20-21-22(23)4-2/h15-16,18-19H,3-14,17,20-21H2,1-2H3/b16-15-,19-18-. The number of Topliss-reactive ketones (excluding diaryl/α,β-unsaturated/α-hetero) is 1. The van der Waals surface area contributed by atoms with Crippen molar-refractivity contribution in [3.8, 4) is 0 Å². The summed E-state index contributed by atoms with van der Waals surface area (Å²) in [5.41, 5.74) is 0. The number of allylic oxidation sites excluding steroid dienone is 4. The highest BCUT2D eigenvalue weighted by Crippen LogP contribution is 2.11. The van der Waals surface area contributed by atoms with Gasteiger partial charge in [-0.3, -0.25) is 4.79 Å². The highest BCUT2D eigenvalue weighted by Gasteiger charge is 1.94. The van der Waals surface area contributed by atoms with Crippen LogP contribution in [0.1, 0.15) is 110 Å². The van der Waals surface area contributed by atoms with Crippen molar-refractivity contribution >= 4 is 5.78 Å². The van der Waals surface area contributed by atoms with Gasteiger partial charge < -0.3 is 0 Å². The average molecular weight is 321 g/mol. The van der Waals surface area contributed by atoms with Crippen LogP contribution in [0.4, 0.5) is 0 Å². The first-order valence-corrected chi connectivity index (χ1v) is 10.1. The van der Waals surface area contributed by atoms with Gasteiger partial charge in [-0.1, -0.05) is 95.9 Å². The zero-order valence-corrected chi connectivity index (χ0v) is 15.8. The molecule has 1 nitrogen and oxygen atoms in total. The Bertz CT molecular complexity index is 301. The highest BCUT2D eigenvalue weighted by atomic mass is 16.1. The van der Waals surface area contributed by atoms with Crippen molar-refractivity contribution in [2.45, 2.75) is 110 Å². The van der Waals surface area contributed by atoms with Gasteiger partial charge in [-0.05, 0) is 25.7 Å². The molecule has 0 spiro atoms. The molecule has 23 heavy (non-hydrogen) atoms. The molecule has 0 atom stereocenters. The number of hydrogen-bond donors (Lipinski definition) is 0. The molecule has 0 rings (SSSR count). The van der Waals surface area contributed by atoms with Crippen LogP contribution in [0.2, 0.25) is 0 Å². The summed E-state index contributed by atoms with van der Waals surface area (Å²) < 4.78 is 0. The van der Waals surface area contributed by atoms with Crippen molar-refractivity contribution < 1.29 is 4.79 Å². The number of unbranched alkanes of at least 4 members (excludes halogenated alkanes) is 10. The summed E-state index contributed by atoms with van der Waals surface area (Å²) in [4.78, 5) is 11.1. The van der Waals surface area contributed by atoms with Gasteiger partial charge >= 0.3 is 0 Å². The third-order valence-electron chi connectivity index (χ3n) is 4.31. The van der Waals surface area contributed by atoms with Crippen LogP contribution in [0.15, 0.2) is 24.3 Å². The van der Waals surface area contributed by atoms with Crippen molar-refractivity contribution in [3.63, 3.8) is 0 Å². The van der Waals surface area contributed by atoms with Crippen LogP contribution in [0.3, 0.4) is 0 Å². The van der Waals surface area contributed by atoms with E-state index in [0.29, 0.717) is 18.6 Å². The summed E-state index contributed by atoms with van der Waals surface area (Å²) in [6.45, 7) is 4.21. The fourth-order valence-corrected chi connectivity index (χ4v) is 2.68. The monoisotopic (exact) mass is 320 g/mol. The van der Waals surface area contributed by atoms with Crippen molar-refractivity contribution in [1.82, 2.24) is 0 Å². The molecule has 0 N–H and O–H groups in total. The van der Waals surface area contributed by atoms with Gasteiger partial charge in [0.15, 0.2) is 0 Å². The maximum atomic E-state index is 11.1. The van der Waals surface area contributed by atoms with E-state index in [0.717, 1.165) is 12.8 Å². The lowest BCUT2D eigenvalue weighted by Crippen LogP contribution is -1.92. The summed E-state index contributed by atoms with van der Waals surface area (Å²) in [5, 5.41) is 0. The predicted molar refractivity (Wildman–Crippen MR) is 104 cm³/mol. The summed E-state index contributed by atoms with van der Waals surface area (Å²) in [6.07, 6.45) is 27.5. The second kappa shape index (κ2) is 19.2. The molecule has 0 heterocycles. The quantitative estimate of drug-likeness (QED) is 0.199. The van der Waals surface area contributed by atoms with Gasteiger partial charge in [-0.2, -0.15) is 0 Å². The first-order valence-electron chi connectivity index (χ1n) is 10.1. The van der Waals surface area contributed by atoms with Gasteiger partial charge in [-0.25, -0.2) is 0 Å². The fraction of sp³-hybridized carbons (Fsp3) is 0.773. The van der Waals surface area contributed by atoms with Crippen LogP contribution < -0.4 is 0 Å². The van der Waals surface area contributed by atoms with Crippen LogP contribution >= 0.6 is 0 Å². The lowest BCUT2D eigenvalue weighted by Gasteiger charge is -2.01. The molecule has 0 saturated carbocycles. The second-order valence-electron chi connectivity index (χ2n) is 6.58. The Morgan fingerprint density at radius 3 is 1.74 bits per heavy atom. The van der Waals surface area contributed by atoms with Crippen molar-refractivity contribution in [1.29, 1.82) is 0 Å². The van der Waals surface area contributed by atoms with Crippen LogP contribution in [-0.2, 0) is 4.79 Å². The predicted octanol–water partition coefficient (Wildman–Crippen LogP) is 7.56. The molecule has 134 valence electrons. The zero-order valence-electron chi connectivity index (χ0n) is 15.8. The minimum Gasteiger partial charge on any atom is -0.300 e. The number of carbonyl (C=O) groups is 1. The molecule has 0 aromatic heterocycles. The van der Waals surface area contributed by atoms with Crippen molar-refractivity contribution in [2.75, 3.05) is 0 Å². The first kappa shape index (κ1) is 22.1. The van der Waals surface area contributed by atoms with Crippen molar-refractivity contribution in [3.05, 3.63) is 24.3 Å². The molecule has 0 amide bonds. The fourth-order valence-electron chi connectivity index (χ4n) is 2.68. The van der Waals surface area contributed by atoms with Crippen LogP contribution in [0.25, 0.3) is 0 Å². The molecule has 0 radical (unpaired) electrons. The molecule has 0 aliphatic carbocycles. The minimum absolute atomic E-state index is 0.367. The number of hydrogen-bond acceptors (Lipinski definition) is 1. The lowest BCUT2D eigenvalue weighted by atomic mass is 10.1. The Kier molecular flexibility index (Phi) is 18.5. The van der Waals surface area contributed by atoms with Gasteiger partial charge in [0.1, 0.15) is 5.78 Å². The Morgan fingerprint density at radius 2 is 1.17 bits per heavy atom. The summed E-state index contributed by atoms with van der Waals surface area (Å²) >= 11 is 0. The van der Waals surface area contributed by atoms with E-state index in [1.807, 2.05) is 6.92 Å². The normalized spacial score (nSPS) is 11.7. The van der Waals surface area contributed by atoms with E-state index in [4.69, 9.17) is 0 Å². The van der Waals surface area contributed by atoms with Gasteiger partial charge in [0.2, 0.25) is 0 Å². The van der Waals surface area contributed by atoms with Gasteiger partial charge in [0.05, 0.1) is 0 Å². The summed E-state index contributed by atoms with van der Waals surface area (Å²) in [7, 11) is 0. The van der Waals surface area contributed by atoms with Crippen LogP contribution in [-0.4, -0.2) is 5.78 Å². The maximum absolute atomic E-state index is 11.1. The second-order valence-corrected chi connectivity index (χ2v) is 6.58. The van der Waals surface area contributed by atoms with Crippen LogP contribution in [0, 0.1) is 0 Å². The largest absolute Gasteiger partial charge is 0.300 e. The molecule has 0 bridgehead atoms. The van der Waals surface area contributed by atoms with Crippen LogP contribution in [0.5, 0.6) is 0 Å². The maximum Gasteiger partial charge on any atom is 0.132 e. The number of rotatable bonds is 17. The SMILES string of the molecule is CCCCCCCCCCCC/C=C\C/C=C\CCC(=O)CC. The number of carbonyl (C=O) groups excluding carboxylic acids is 1. The molecule has 0 unspecified atom stereocenters. The topological polar surface area (TPSA) is 17.1 Å². The molecule has 0 aliphatic heterocycles. The summed E-state index contributed by atoms with van der Waals surface area (Å²) in [6, 6.07) is 0. The molecule has 1 heteroatoms. The summed E-state index contributed by atoms with van der Waals surface area (Å²) in [5.74, 6) is 0.367. The van der Waals surface area contributed by atoms with E-state index in [9.17, 15) is 4.79 Å². The van der Waals surface area contributed by atoms with Crippen molar-refractivity contribution in [2.24, 2.45) is 0 Å². The van der Waals surface area contributed by atoms with E-state index in [-0.39, 0.29) is 0 Å². The Labute approximate surface area is 145 Å². The number of ketones is 1. The zero-order chi connectivity index (χ0) is 17.0. The van der Waals surface area contributed by atoms with E-state index in [2.05, 4.69) is 31.2 Å². The average Bonchev–Trinajstić information content (AvgIpc) is 2.57. The first-order chi connectivity index (χ1) is 11.3. The van der Waals surface area contributed by atoms with E-state index < -0.39 is 0 Å². The Morgan fingerprint density at radius 1 is 0.652 bits per heavy atom. The minimum atomic E-state index is 0.367. The molecule has 0 aromatic carbocycles. The van der Waals surface area contributed by atoms with Gasteiger partial charge in [0.25, 0.3) is 0 Å². The smallest absolute Gasteiger partial charge is 0.132 e. The molecular formula is C22H40O. The molecular weight excluding hydrogens is 280 g/mol.